The number of aromatic amines is 1. The monoisotopic (exact) mass is 449 g/mol. The van der Waals surface area contributed by atoms with Crippen molar-refractivity contribution in [1.29, 1.82) is 0 Å². The van der Waals surface area contributed by atoms with Crippen molar-refractivity contribution in [3.63, 3.8) is 0 Å². The highest BCUT2D eigenvalue weighted by Crippen LogP contribution is 2.41. The Bertz CT molecular complexity index is 1230. The predicted molar refractivity (Wildman–Crippen MR) is 108 cm³/mol. The lowest BCUT2D eigenvalue weighted by Crippen LogP contribution is -2.62. The molecule has 170 valence electrons. The van der Waals surface area contributed by atoms with Crippen LogP contribution in [0.2, 0.25) is 0 Å². The number of alkyl halides is 3. The van der Waals surface area contributed by atoms with E-state index >= 15 is 0 Å². The first-order valence-corrected chi connectivity index (χ1v) is 10.4. The van der Waals surface area contributed by atoms with Crippen LogP contribution < -0.4 is 5.56 Å². The molecule has 0 atom stereocenters. The summed E-state index contributed by atoms with van der Waals surface area (Å²) in [5, 5.41) is 8.57. The van der Waals surface area contributed by atoms with Crippen LogP contribution >= 0.6 is 0 Å². The molecule has 2 aliphatic heterocycles. The molecule has 5 heterocycles. The van der Waals surface area contributed by atoms with Gasteiger partial charge in [-0.1, -0.05) is 0 Å². The first-order valence-electron chi connectivity index (χ1n) is 10.4. The number of carbonyl (C=O) groups excluding carboxylic acids is 1. The first-order chi connectivity index (χ1) is 15.1. The molecule has 2 fully saturated rings. The van der Waals surface area contributed by atoms with E-state index in [1.54, 1.807) is 30.2 Å². The van der Waals surface area contributed by atoms with Gasteiger partial charge < -0.3 is 4.90 Å². The predicted octanol–water partition coefficient (Wildman–Crippen LogP) is 1.62. The van der Waals surface area contributed by atoms with Crippen LogP contribution in [-0.2, 0) is 0 Å². The van der Waals surface area contributed by atoms with Crippen LogP contribution in [0.4, 0.5) is 13.2 Å². The Balaban J connectivity index is 1.27. The normalized spacial score (nSPS) is 18.9. The van der Waals surface area contributed by atoms with Crippen LogP contribution in [0, 0.1) is 12.3 Å². The fraction of sp³-hybridized carbons (Fsp3) is 0.500. The molecule has 1 spiro atoms. The number of carbonyl (C=O) groups is 1. The Hall–Kier alpha value is -3.15. The maximum absolute atomic E-state index is 13.0. The molecule has 32 heavy (non-hydrogen) atoms. The van der Waals surface area contributed by atoms with Gasteiger partial charge in [0.1, 0.15) is 5.52 Å². The highest BCUT2D eigenvalue weighted by atomic mass is 19.4. The molecule has 0 saturated carbocycles. The van der Waals surface area contributed by atoms with Crippen molar-refractivity contribution in [2.24, 2.45) is 5.41 Å². The minimum absolute atomic E-state index is 0.103. The van der Waals surface area contributed by atoms with Gasteiger partial charge >= 0.3 is 6.18 Å². The summed E-state index contributed by atoms with van der Waals surface area (Å²) in [4.78, 5) is 31.1. The zero-order chi connectivity index (χ0) is 22.7. The molecule has 0 aromatic carbocycles. The van der Waals surface area contributed by atoms with Crippen LogP contribution in [0.1, 0.15) is 28.9 Å². The Kier molecular flexibility index (Phi) is 4.66. The zero-order valence-corrected chi connectivity index (χ0v) is 17.4. The van der Waals surface area contributed by atoms with E-state index in [0.29, 0.717) is 55.8 Å². The maximum atomic E-state index is 13.0. The fourth-order valence-corrected chi connectivity index (χ4v) is 4.69. The largest absolute Gasteiger partial charge is 0.401 e. The average Bonchev–Trinajstić information content (AvgIpc) is 3.32. The van der Waals surface area contributed by atoms with Crippen molar-refractivity contribution in [2.75, 3.05) is 32.7 Å². The summed E-state index contributed by atoms with van der Waals surface area (Å²) in [5.41, 5.74) is 0.940. The van der Waals surface area contributed by atoms with Crippen molar-refractivity contribution >= 4 is 11.4 Å². The molecule has 2 aliphatic rings. The quantitative estimate of drug-likeness (QED) is 0.656. The molecular weight excluding hydrogens is 427 g/mol. The molecule has 9 nitrogen and oxygen atoms in total. The molecule has 0 bridgehead atoms. The van der Waals surface area contributed by atoms with Gasteiger partial charge in [0.2, 0.25) is 5.95 Å². The summed E-state index contributed by atoms with van der Waals surface area (Å²) in [6.07, 6.45) is 0.210. The number of hydrogen-bond donors (Lipinski definition) is 1. The van der Waals surface area contributed by atoms with Crippen LogP contribution in [-0.4, -0.2) is 79.0 Å². The molecule has 3 aromatic heterocycles. The van der Waals surface area contributed by atoms with Crippen LogP contribution in [0.5, 0.6) is 0 Å². The standard InChI is InChI=1S/C20H22F3N7O2/c1-13-14(9-24-30(13)18-25-16(31)15-3-2-6-29(15)26-18)17(32)28-10-19(11-28)4-7-27(8-5-19)12-20(21,22)23/h2-3,6,9H,4-5,7-8,10-12H2,1H3,(H,25,26,31). The van der Waals surface area contributed by atoms with E-state index in [9.17, 15) is 22.8 Å². The third kappa shape index (κ3) is 3.57. The number of nitrogens with zero attached hydrogens (tertiary/aromatic N) is 6. The SMILES string of the molecule is Cc1c(C(=O)N2CC3(CCN(CC(F)(F)F)CC3)C2)cnn1-c1nn2cccc2c(=O)[nH]1. The summed E-state index contributed by atoms with van der Waals surface area (Å²) in [6, 6.07) is 3.35. The molecule has 12 heteroatoms. The lowest BCUT2D eigenvalue weighted by molar-refractivity contribution is -0.153. The number of nitrogens with one attached hydrogen (secondary N) is 1. The van der Waals surface area contributed by atoms with Crippen LogP contribution in [0.25, 0.3) is 11.5 Å². The smallest absolute Gasteiger partial charge is 0.337 e. The van der Waals surface area contributed by atoms with Crippen LogP contribution in [0.15, 0.2) is 29.3 Å². The minimum atomic E-state index is -4.19. The van der Waals surface area contributed by atoms with E-state index in [1.807, 2.05) is 0 Å². The van der Waals surface area contributed by atoms with Gasteiger partial charge in [0.15, 0.2) is 0 Å². The molecule has 0 aliphatic carbocycles. The summed E-state index contributed by atoms with van der Waals surface area (Å²) in [6.45, 7) is 2.68. The lowest BCUT2D eigenvalue weighted by Gasteiger charge is -2.54. The van der Waals surface area contributed by atoms with E-state index in [2.05, 4.69) is 15.2 Å². The number of likely N-dealkylation sites (tertiary alicyclic amines) is 2. The molecule has 0 unspecified atom stereocenters. The Labute approximate surface area is 180 Å². The van der Waals surface area contributed by atoms with Gasteiger partial charge in [0, 0.05) is 24.7 Å². The minimum Gasteiger partial charge on any atom is -0.337 e. The highest BCUT2D eigenvalue weighted by Gasteiger charge is 2.48. The number of rotatable bonds is 3. The molecular formula is C20H22F3N7O2. The fourth-order valence-electron chi connectivity index (χ4n) is 4.69. The van der Waals surface area contributed by atoms with Crippen molar-refractivity contribution < 1.29 is 18.0 Å². The van der Waals surface area contributed by atoms with Gasteiger partial charge in [-0.2, -0.15) is 18.3 Å². The second kappa shape index (κ2) is 7.19. The van der Waals surface area contributed by atoms with Crippen molar-refractivity contribution in [1.82, 2.24) is 34.2 Å². The van der Waals surface area contributed by atoms with Gasteiger partial charge in [-0.25, -0.2) is 9.20 Å². The van der Waals surface area contributed by atoms with Crippen molar-refractivity contribution in [3.8, 4) is 5.95 Å². The summed E-state index contributed by atoms with van der Waals surface area (Å²) in [5.74, 6) is 0.0221. The van der Waals surface area contributed by atoms with Crippen molar-refractivity contribution in [2.45, 2.75) is 25.9 Å². The highest BCUT2D eigenvalue weighted by molar-refractivity contribution is 5.95. The Morgan fingerprint density at radius 3 is 2.66 bits per heavy atom. The molecule has 2 saturated heterocycles. The number of amides is 1. The Morgan fingerprint density at radius 1 is 1.25 bits per heavy atom. The third-order valence-corrected chi connectivity index (χ3v) is 6.49. The molecule has 0 radical (unpaired) electrons. The van der Waals surface area contributed by atoms with Gasteiger partial charge in [-0.15, -0.1) is 5.10 Å². The van der Waals surface area contributed by atoms with E-state index in [-0.39, 0.29) is 22.8 Å². The van der Waals surface area contributed by atoms with Gasteiger partial charge in [0.05, 0.1) is 24.0 Å². The number of H-pyrrole nitrogens is 1. The number of hydrogen-bond acceptors (Lipinski definition) is 5. The second-order valence-corrected chi connectivity index (χ2v) is 8.72. The molecule has 3 aromatic rings. The molecule has 5 rings (SSSR count). The number of piperidine rings is 1. The van der Waals surface area contributed by atoms with E-state index in [4.69, 9.17) is 0 Å². The summed E-state index contributed by atoms with van der Waals surface area (Å²) in [7, 11) is 0. The topological polar surface area (TPSA) is 91.5 Å². The summed E-state index contributed by atoms with van der Waals surface area (Å²) < 4.78 is 40.7. The Morgan fingerprint density at radius 2 is 1.97 bits per heavy atom. The van der Waals surface area contributed by atoms with Gasteiger partial charge in [0.25, 0.3) is 11.5 Å². The van der Waals surface area contributed by atoms with E-state index < -0.39 is 12.7 Å². The molecule has 1 N–H and O–H groups in total. The maximum Gasteiger partial charge on any atom is 0.401 e. The van der Waals surface area contributed by atoms with E-state index in [0.717, 1.165) is 0 Å². The average molecular weight is 449 g/mol. The van der Waals surface area contributed by atoms with E-state index in [1.165, 1.54) is 20.3 Å². The van der Waals surface area contributed by atoms with Crippen LogP contribution in [0.3, 0.4) is 0 Å². The first kappa shape index (κ1) is 20.7. The van der Waals surface area contributed by atoms with Gasteiger partial charge in [-0.05, 0) is 45.0 Å². The van der Waals surface area contributed by atoms with Gasteiger partial charge in [-0.3, -0.25) is 19.5 Å². The number of fused-ring (bicyclic) bond motifs is 1. The third-order valence-electron chi connectivity index (χ3n) is 6.49. The second-order valence-electron chi connectivity index (χ2n) is 8.72. The van der Waals surface area contributed by atoms with Crippen molar-refractivity contribution in [3.05, 3.63) is 46.1 Å². The number of halogens is 3. The lowest BCUT2D eigenvalue weighted by atomic mass is 9.71. The zero-order valence-electron chi connectivity index (χ0n) is 17.4. The number of aromatic nitrogens is 5. The summed E-state index contributed by atoms with van der Waals surface area (Å²) >= 11 is 0. The molecule has 1 amide bonds.